The van der Waals surface area contributed by atoms with Crippen LogP contribution in [0.3, 0.4) is 0 Å². The molecule has 0 aromatic heterocycles. The third kappa shape index (κ3) is 3.10. The predicted molar refractivity (Wildman–Crippen MR) is 56.5 cm³/mol. The third-order valence-corrected chi connectivity index (χ3v) is 2.22. The molecule has 0 radical (unpaired) electrons. The molecule has 1 fully saturated rings. The standard InChI is InChI=1S/C10H18N2O4/c1-10(2,3)16-9(15)12-5-6(13)4-7(12)8(11)14/h6-7,13H,4-5H2,1-3H3,(H2,11,14)/t6-,7+/m1/s1/i13D. The first-order chi connectivity index (χ1) is 7.74. The number of hydrogen-bond donors (Lipinski definition) is 2. The lowest BCUT2D eigenvalue weighted by molar-refractivity contribution is -0.122. The van der Waals surface area contributed by atoms with Gasteiger partial charge in [0.25, 0.3) is 0 Å². The Labute approximate surface area is 95.8 Å². The number of carbonyl (C=O) groups is 2. The Balaban J connectivity index is 2.73. The third-order valence-electron chi connectivity index (χ3n) is 2.22. The summed E-state index contributed by atoms with van der Waals surface area (Å²) >= 11 is 0. The number of β-amino-alcohol motifs (C(OH)–C–C–N with tert-alkyl or cyclic N) is 1. The highest BCUT2D eigenvalue weighted by Crippen LogP contribution is 2.20. The number of aliphatic hydroxyl groups excluding tert-OH is 1. The number of primary amides is 1. The Hall–Kier alpha value is -1.30. The molecule has 0 aromatic rings. The number of ether oxygens (including phenoxy) is 1. The molecular weight excluding hydrogens is 212 g/mol. The number of nitrogens with two attached hydrogens (primary N) is 1. The van der Waals surface area contributed by atoms with Crippen molar-refractivity contribution in [2.24, 2.45) is 5.73 Å². The zero-order valence-corrected chi connectivity index (χ0v) is 9.73. The zero-order chi connectivity index (χ0) is 13.2. The van der Waals surface area contributed by atoms with Gasteiger partial charge >= 0.3 is 6.09 Å². The van der Waals surface area contributed by atoms with E-state index in [1.54, 1.807) is 20.8 Å². The second kappa shape index (κ2) is 4.29. The predicted octanol–water partition coefficient (Wildman–Crippen LogP) is -0.158. The second-order valence-electron chi connectivity index (χ2n) is 4.91. The molecule has 16 heavy (non-hydrogen) atoms. The minimum atomic E-state index is -0.764. The van der Waals surface area contributed by atoms with Crippen LogP contribution < -0.4 is 5.73 Å². The van der Waals surface area contributed by atoms with Gasteiger partial charge in [0.1, 0.15) is 11.6 Å². The molecule has 0 bridgehead atoms. The van der Waals surface area contributed by atoms with Crippen LogP contribution in [0, 0.1) is 0 Å². The number of hydrogen-bond acceptors (Lipinski definition) is 4. The lowest BCUT2D eigenvalue weighted by Crippen LogP contribution is -2.45. The van der Waals surface area contributed by atoms with Crippen molar-refractivity contribution in [1.82, 2.24) is 4.90 Å². The van der Waals surface area contributed by atoms with Crippen molar-refractivity contribution in [3.05, 3.63) is 0 Å². The monoisotopic (exact) mass is 231 g/mol. The first kappa shape index (κ1) is 11.2. The van der Waals surface area contributed by atoms with Gasteiger partial charge in [0.2, 0.25) is 7.34 Å². The van der Waals surface area contributed by atoms with Gasteiger partial charge in [0.15, 0.2) is 0 Å². The zero-order valence-electron chi connectivity index (χ0n) is 10.7. The number of rotatable bonds is 2. The summed E-state index contributed by atoms with van der Waals surface area (Å²) in [5, 5.41) is 4.39. The fourth-order valence-electron chi connectivity index (χ4n) is 1.59. The van der Waals surface area contributed by atoms with E-state index in [0.717, 1.165) is 0 Å². The lowest BCUT2D eigenvalue weighted by Gasteiger charge is -2.26. The van der Waals surface area contributed by atoms with E-state index >= 15 is 0 Å². The van der Waals surface area contributed by atoms with E-state index in [-0.39, 0.29) is 13.0 Å². The summed E-state index contributed by atoms with van der Waals surface area (Å²) in [6.07, 6.45) is -0.876. The SMILES string of the molecule is [2H]O[C@@H]1C[C@@H](C(N)=O)N(C(=O)OC(C)(C)C)C1. The van der Waals surface area contributed by atoms with Crippen molar-refractivity contribution < 1.29 is 19.4 Å². The van der Waals surface area contributed by atoms with Crippen LogP contribution >= 0.6 is 0 Å². The van der Waals surface area contributed by atoms with Gasteiger partial charge in [0.05, 0.1) is 12.6 Å². The van der Waals surface area contributed by atoms with Crippen LogP contribution in [0.15, 0.2) is 0 Å². The van der Waals surface area contributed by atoms with Crippen LogP contribution in [0.25, 0.3) is 0 Å². The maximum absolute atomic E-state index is 11.8. The minimum absolute atomic E-state index is 0.145. The number of likely N-dealkylation sites (tertiary alicyclic amines) is 1. The van der Waals surface area contributed by atoms with Gasteiger partial charge in [-0.15, -0.1) is 0 Å². The molecule has 1 rings (SSSR count). The summed E-state index contributed by atoms with van der Waals surface area (Å²) in [5.74, 6) is -0.615. The maximum atomic E-state index is 11.8. The summed E-state index contributed by atoms with van der Waals surface area (Å²) in [6, 6.07) is -0.764. The molecule has 1 heterocycles. The molecule has 3 N–H and O–H groups in total. The van der Waals surface area contributed by atoms with E-state index in [1.807, 2.05) is 0 Å². The molecule has 1 aliphatic rings. The van der Waals surface area contributed by atoms with Crippen molar-refractivity contribution in [2.45, 2.75) is 44.9 Å². The molecule has 0 spiro atoms. The van der Waals surface area contributed by atoms with E-state index in [2.05, 4.69) is 5.11 Å². The van der Waals surface area contributed by atoms with Gasteiger partial charge in [-0.25, -0.2) is 4.79 Å². The summed E-state index contributed by atoms with van der Waals surface area (Å²) < 4.78 is 12.0. The van der Waals surface area contributed by atoms with Gasteiger partial charge in [-0.2, -0.15) is 0 Å². The minimum Gasteiger partial charge on any atom is -0.444 e. The molecule has 2 amide bonds. The van der Waals surface area contributed by atoms with Gasteiger partial charge < -0.3 is 15.6 Å². The van der Waals surface area contributed by atoms with Crippen LogP contribution in [0.5, 0.6) is 0 Å². The average Bonchev–Trinajstić information content (AvgIpc) is 2.58. The Kier molecular flexibility index (Phi) is 3.00. The smallest absolute Gasteiger partial charge is 0.411 e. The van der Waals surface area contributed by atoms with Crippen molar-refractivity contribution in [1.29, 1.82) is 1.43 Å². The van der Waals surface area contributed by atoms with E-state index in [0.29, 0.717) is 0 Å². The van der Waals surface area contributed by atoms with Gasteiger partial charge in [-0.1, -0.05) is 0 Å². The normalized spacial score (nSPS) is 26.4. The molecule has 1 aliphatic heterocycles. The fraction of sp³-hybridized carbons (Fsp3) is 0.800. The lowest BCUT2D eigenvalue weighted by atomic mass is 10.2. The van der Waals surface area contributed by atoms with Crippen LogP contribution in [0.1, 0.15) is 27.2 Å². The van der Waals surface area contributed by atoms with Gasteiger partial charge in [-0.3, -0.25) is 9.69 Å². The van der Waals surface area contributed by atoms with Crippen molar-refractivity contribution in [2.75, 3.05) is 6.54 Å². The average molecular weight is 231 g/mol. The molecule has 6 heteroatoms. The molecule has 0 aromatic carbocycles. The van der Waals surface area contributed by atoms with Crippen molar-refractivity contribution in [3.8, 4) is 0 Å². The number of aliphatic hydroxyl groups is 1. The van der Waals surface area contributed by atoms with Crippen LogP contribution in [0.2, 0.25) is 0 Å². The summed E-state index contributed by atoms with van der Waals surface area (Å²) in [5.41, 5.74) is 4.56. The fourth-order valence-corrected chi connectivity index (χ4v) is 1.59. The maximum Gasteiger partial charge on any atom is 0.411 e. The number of carbonyl (C=O) groups excluding carboxylic acids is 2. The van der Waals surface area contributed by atoms with E-state index in [1.165, 1.54) is 4.90 Å². The van der Waals surface area contributed by atoms with Crippen LogP contribution in [-0.2, 0) is 9.53 Å². The topological polar surface area (TPSA) is 92.9 Å². The van der Waals surface area contributed by atoms with E-state index < -0.39 is 29.7 Å². The highest BCUT2D eigenvalue weighted by Gasteiger charge is 2.39. The van der Waals surface area contributed by atoms with Crippen LogP contribution in [-0.4, -0.2) is 47.7 Å². The first-order valence-corrected chi connectivity index (χ1v) is 5.15. The highest BCUT2D eigenvalue weighted by atomic mass is 16.6. The molecule has 0 saturated carbocycles. The van der Waals surface area contributed by atoms with E-state index in [4.69, 9.17) is 11.9 Å². The summed E-state index contributed by atoms with van der Waals surface area (Å²) in [6.45, 7) is 5.35. The largest absolute Gasteiger partial charge is 0.444 e. The Bertz CT molecular complexity index is 316. The molecule has 6 nitrogen and oxygen atoms in total. The number of amides is 2. The van der Waals surface area contributed by atoms with Gasteiger partial charge in [-0.05, 0) is 20.8 Å². The van der Waals surface area contributed by atoms with Crippen molar-refractivity contribution in [3.63, 3.8) is 0 Å². The molecule has 0 aliphatic carbocycles. The Morgan fingerprint density at radius 3 is 2.62 bits per heavy atom. The molecule has 2 atom stereocenters. The van der Waals surface area contributed by atoms with E-state index in [9.17, 15) is 9.59 Å². The summed E-state index contributed by atoms with van der Waals surface area (Å²) in [7, 11) is 0. The van der Waals surface area contributed by atoms with Crippen LogP contribution in [0.4, 0.5) is 4.79 Å². The number of nitrogens with zero attached hydrogens (tertiary/aromatic N) is 1. The highest BCUT2D eigenvalue weighted by molar-refractivity contribution is 5.85. The van der Waals surface area contributed by atoms with Gasteiger partial charge in [0, 0.05) is 6.42 Å². The first-order valence-electron chi connectivity index (χ1n) is 5.56. The molecule has 92 valence electrons. The Morgan fingerprint density at radius 2 is 2.19 bits per heavy atom. The summed E-state index contributed by atoms with van der Waals surface area (Å²) in [4.78, 5) is 24.2. The Morgan fingerprint density at radius 1 is 1.56 bits per heavy atom. The molecule has 0 unspecified atom stereocenters. The second-order valence-corrected chi connectivity index (χ2v) is 4.91. The molecular formula is C10H18N2O4. The van der Waals surface area contributed by atoms with Crippen molar-refractivity contribution >= 4 is 12.0 Å². The quantitative estimate of drug-likeness (QED) is 0.690. The molecule has 1 saturated heterocycles.